The molecule has 1 aliphatic heterocycles. The van der Waals surface area contributed by atoms with Gasteiger partial charge < -0.3 is 15.4 Å². The molecule has 2 amide bonds. The molecule has 2 rings (SSSR count). The molecule has 1 aromatic rings. The molecule has 0 aliphatic carbocycles. The fraction of sp³-hybridized carbons (Fsp3) is 0.467. The van der Waals surface area contributed by atoms with Crippen LogP contribution in [0, 0.1) is 17.6 Å². The SMILES string of the molecule is C[C@H](Oc1ccc(F)c(F)c1)C(=O)N1CCC(C(N)=O)CC1. The van der Waals surface area contributed by atoms with Crippen LogP contribution in [0.1, 0.15) is 19.8 Å². The molecule has 0 aromatic heterocycles. The average Bonchev–Trinajstić information content (AvgIpc) is 2.50. The van der Waals surface area contributed by atoms with Crippen molar-refractivity contribution < 1.29 is 23.1 Å². The van der Waals surface area contributed by atoms with Crippen LogP contribution in [0.3, 0.4) is 0 Å². The monoisotopic (exact) mass is 312 g/mol. The van der Waals surface area contributed by atoms with E-state index in [9.17, 15) is 18.4 Å². The largest absolute Gasteiger partial charge is 0.481 e. The minimum absolute atomic E-state index is 0.0896. The molecule has 7 heteroatoms. The van der Waals surface area contributed by atoms with Gasteiger partial charge in [-0.25, -0.2) is 8.78 Å². The molecule has 0 radical (unpaired) electrons. The molecule has 120 valence electrons. The quantitative estimate of drug-likeness (QED) is 0.915. The number of nitrogens with two attached hydrogens (primary N) is 1. The number of rotatable bonds is 4. The van der Waals surface area contributed by atoms with E-state index in [0.29, 0.717) is 25.9 Å². The number of likely N-dealkylation sites (tertiary alicyclic amines) is 1. The van der Waals surface area contributed by atoms with E-state index in [1.807, 2.05) is 0 Å². The third kappa shape index (κ3) is 3.72. The summed E-state index contributed by atoms with van der Waals surface area (Å²) in [5, 5.41) is 0. The van der Waals surface area contributed by atoms with Crippen molar-refractivity contribution in [2.75, 3.05) is 13.1 Å². The van der Waals surface area contributed by atoms with Gasteiger partial charge in [-0.3, -0.25) is 9.59 Å². The van der Waals surface area contributed by atoms with E-state index in [4.69, 9.17) is 10.5 Å². The number of hydrogen-bond donors (Lipinski definition) is 1. The highest BCUT2D eigenvalue weighted by atomic mass is 19.2. The van der Waals surface area contributed by atoms with Gasteiger partial charge in [0.15, 0.2) is 17.7 Å². The lowest BCUT2D eigenvalue weighted by Crippen LogP contribution is -2.46. The summed E-state index contributed by atoms with van der Waals surface area (Å²) >= 11 is 0. The van der Waals surface area contributed by atoms with E-state index < -0.39 is 17.7 Å². The molecule has 1 heterocycles. The number of primary amides is 1. The Morgan fingerprint density at radius 1 is 1.27 bits per heavy atom. The minimum atomic E-state index is -1.03. The number of ether oxygens (including phenoxy) is 1. The normalized spacial score (nSPS) is 17.1. The van der Waals surface area contributed by atoms with Crippen LogP contribution >= 0.6 is 0 Å². The van der Waals surface area contributed by atoms with E-state index in [2.05, 4.69) is 0 Å². The Hall–Kier alpha value is -2.18. The molecule has 0 bridgehead atoms. The van der Waals surface area contributed by atoms with Gasteiger partial charge in [-0.05, 0) is 31.9 Å². The van der Waals surface area contributed by atoms with E-state index in [0.717, 1.165) is 12.1 Å². The maximum absolute atomic E-state index is 13.1. The predicted molar refractivity (Wildman–Crippen MR) is 74.9 cm³/mol. The first-order chi connectivity index (χ1) is 10.4. The number of amides is 2. The molecular weight excluding hydrogens is 294 g/mol. The number of hydrogen-bond acceptors (Lipinski definition) is 3. The lowest BCUT2D eigenvalue weighted by atomic mass is 9.96. The Morgan fingerprint density at radius 3 is 2.45 bits per heavy atom. The van der Waals surface area contributed by atoms with Crippen LogP contribution in [0.2, 0.25) is 0 Å². The van der Waals surface area contributed by atoms with Gasteiger partial charge in [0.25, 0.3) is 5.91 Å². The van der Waals surface area contributed by atoms with Gasteiger partial charge in [0.1, 0.15) is 5.75 Å². The van der Waals surface area contributed by atoms with Crippen molar-refractivity contribution in [3.63, 3.8) is 0 Å². The highest BCUT2D eigenvalue weighted by Crippen LogP contribution is 2.20. The maximum Gasteiger partial charge on any atom is 0.263 e. The first-order valence-electron chi connectivity index (χ1n) is 7.08. The van der Waals surface area contributed by atoms with Gasteiger partial charge >= 0.3 is 0 Å². The Kier molecular flexibility index (Phi) is 4.95. The second-order valence-corrected chi connectivity index (χ2v) is 5.34. The lowest BCUT2D eigenvalue weighted by Gasteiger charge is -2.32. The van der Waals surface area contributed by atoms with Gasteiger partial charge in [0.2, 0.25) is 5.91 Å². The molecule has 1 saturated heterocycles. The summed E-state index contributed by atoms with van der Waals surface area (Å²) in [5.74, 6) is -2.72. The molecule has 5 nitrogen and oxygen atoms in total. The number of carbonyl (C=O) groups is 2. The third-order valence-electron chi connectivity index (χ3n) is 3.76. The summed E-state index contributed by atoms with van der Waals surface area (Å²) in [6.45, 7) is 2.40. The van der Waals surface area contributed by atoms with Crippen molar-refractivity contribution >= 4 is 11.8 Å². The molecule has 1 aliphatic rings. The summed E-state index contributed by atoms with van der Waals surface area (Å²) in [5.41, 5.74) is 5.24. The zero-order chi connectivity index (χ0) is 16.3. The van der Waals surface area contributed by atoms with E-state index in [-0.39, 0.29) is 23.5 Å². The van der Waals surface area contributed by atoms with Gasteiger partial charge in [-0.2, -0.15) is 0 Å². The number of halogens is 2. The van der Waals surface area contributed by atoms with Crippen LogP contribution in [-0.2, 0) is 9.59 Å². The topological polar surface area (TPSA) is 72.6 Å². The third-order valence-corrected chi connectivity index (χ3v) is 3.76. The molecule has 1 fully saturated rings. The van der Waals surface area contributed by atoms with E-state index in [1.165, 1.54) is 6.07 Å². The Labute approximate surface area is 127 Å². The number of piperidine rings is 1. The predicted octanol–water partition coefficient (Wildman–Crippen LogP) is 1.46. The van der Waals surface area contributed by atoms with Crippen molar-refractivity contribution in [3.8, 4) is 5.75 Å². The van der Waals surface area contributed by atoms with Crippen LogP contribution in [0.25, 0.3) is 0 Å². The van der Waals surface area contributed by atoms with E-state index >= 15 is 0 Å². The maximum atomic E-state index is 13.1. The fourth-order valence-electron chi connectivity index (χ4n) is 2.45. The van der Waals surface area contributed by atoms with Crippen molar-refractivity contribution in [1.29, 1.82) is 0 Å². The molecule has 2 N–H and O–H groups in total. The van der Waals surface area contributed by atoms with Crippen LogP contribution in [0.15, 0.2) is 18.2 Å². The zero-order valence-electron chi connectivity index (χ0n) is 12.2. The zero-order valence-corrected chi connectivity index (χ0v) is 12.2. The standard InChI is InChI=1S/C15H18F2N2O3/c1-9(22-11-2-3-12(16)13(17)8-11)15(21)19-6-4-10(5-7-19)14(18)20/h2-3,8-10H,4-7H2,1H3,(H2,18,20)/t9-/m0/s1. The average molecular weight is 312 g/mol. The van der Waals surface area contributed by atoms with E-state index in [1.54, 1.807) is 11.8 Å². The second-order valence-electron chi connectivity index (χ2n) is 5.34. The molecular formula is C15H18F2N2O3. The van der Waals surface area contributed by atoms with Crippen LogP contribution in [-0.4, -0.2) is 35.9 Å². The highest BCUT2D eigenvalue weighted by molar-refractivity contribution is 5.82. The number of carbonyl (C=O) groups excluding carboxylic acids is 2. The fourth-order valence-corrected chi connectivity index (χ4v) is 2.45. The van der Waals surface area contributed by atoms with Crippen molar-refractivity contribution in [1.82, 2.24) is 4.90 Å². The molecule has 0 unspecified atom stereocenters. The molecule has 22 heavy (non-hydrogen) atoms. The number of nitrogens with zero attached hydrogens (tertiary/aromatic N) is 1. The second kappa shape index (κ2) is 6.72. The molecule has 1 atom stereocenters. The number of benzene rings is 1. The lowest BCUT2D eigenvalue weighted by molar-refractivity contribution is -0.140. The Balaban J connectivity index is 1.92. The van der Waals surface area contributed by atoms with Crippen LogP contribution < -0.4 is 10.5 Å². The summed E-state index contributed by atoms with van der Waals surface area (Å²) < 4.78 is 31.3. The van der Waals surface area contributed by atoms with Gasteiger partial charge in [-0.15, -0.1) is 0 Å². The van der Waals surface area contributed by atoms with Crippen molar-refractivity contribution in [2.24, 2.45) is 11.7 Å². The van der Waals surface area contributed by atoms with Crippen molar-refractivity contribution in [3.05, 3.63) is 29.8 Å². The summed E-state index contributed by atoms with van der Waals surface area (Å²) in [4.78, 5) is 24.9. The molecule has 0 spiro atoms. The van der Waals surface area contributed by atoms with Gasteiger partial charge in [0.05, 0.1) is 0 Å². The van der Waals surface area contributed by atoms with Crippen LogP contribution in [0.4, 0.5) is 8.78 Å². The first-order valence-corrected chi connectivity index (χ1v) is 7.08. The Bertz CT molecular complexity index is 572. The Morgan fingerprint density at radius 2 is 1.91 bits per heavy atom. The van der Waals surface area contributed by atoms with Gasteiger partial charge in [-0.1, -0.05) is 0 Å². The van der Waals surface area contributed by atoms with Crippen molar-refractivity contribution in [2.45, 2.75) is 25.9 Å². The molecule has 1 aromatic carbocycles. The minimum Gasteiger partial charge on any atom is -0.481 e. The molecule has 0 saturated carbocycles. The smallest absolute Gasteiger partial charge is 0.263 e. The summed E-state index contributed by atoms with van der Waals surface area (Å²) in [7, 11) is 0. The van der Waals surface area contributed by atoms with Gasteiger partial charge in [0, 0.05) is 25.1 Å². The summed E-state index contributed by atoms with van der Waals surface area (Å²) in [6, 6.07) is 3.11. The van der Waals surface area contributed by atoms with Crippen LogP contribution in [0.5, 0.6) is 5.75 Å². The highest BCUT2D eigenvalue weighted by Gasteiger charge is 2.29. The first kappa shape index (κ1) is 16.2. The summed E-state index contributed by atoms with van der Waals surface area (Å²) in [6.07, 6.45) is 0.229.